The predicted octanol–water partition coefficient (Wildman–Crippen LogP) is 5.49. The van der Waals surface area contributed by atoms with Crippen molar-refractivity contribution in [3.05, 3.63) is 66.2 Å². The van der Waals surface area contributed by atoms with Crippen molar-refractivity contribution in [1.82, 2.24) is 5.32 Å². The first-order valence-electron chi connectivity index (χ1n) is 16.2. The number of ether oxygens (including phenoxy) is 5. The number of hydrogen-bond donors (Lipinski definition) is 3. The van der Waals surface area contributed by atoms with Gasteiger partial charge >= 0.3 is 11.9 Å². The second kappa shape index (κ2) is 17.5. The number of fused-ring (bicyclic) bond motifs is 2. The van der Waals surface area contributed by atoms with Crippen LogP contribution in [0.3, 0.4) is 0 Å². The molecule has 0 saturated carbocycles. The van der Waals surface area contributed by atoms with Crippen molar-refractivity contribution in [3.63, 3.8) is 0 Å². The van der Waals surface area contributed by atoms with Gasteiger partial charge in [0.05, 0.1) is 0 Å². The molecule has 3 aromatic carbocycles. The third-order valence-electron chi connectivity index (χ3n) is 7.38. The van der Waals surface area contributed by atoms with Gasteiger partial charge in [0.2, 0.25) is 6.79 Å². The zero-order valence-corrected chi connectivity index (χ0v) is 27.4. The predicted molar refractivity (Wildman–Crippen MR) is 178 cm³/mol. The minimum Gasteiger partial charge on any atom is -0.480 e. The van der Waals surface area contributed by atoms with E-state index in [4.69, 9.17) is 23.7 Å². The number of carboxylic acids is 1. The molecule has 1 aliphatic heterocycles. The van der Waals surface area contributed by atoms with Crippen LogP contribution in [-0.4, -0.2) is 73.9 Å². The molecule has 0 fully saturated rings. The number of carbonyl (C=O) groups is 3. The molecule has 1 heterocycles. The van der Waals surface area contributed by atoms with Gasteiger partial charge in [0.15, 0.2) is 23.7 Å². The molecular formula is C36H46N2O9. The van der Waals surface area contributed by atoms with E-state index in [1.165, 1.54) is 16.3 Å². The number of benzene rings is 3. The van der Waals surface area contributed by atoms with E-state index in [1.54, 1.807) is 20.8 Å². The molecule has 254 valence electrons. The lowest BCUT2D eigenvalue weighted by molar-refractivity contribution is -0.184. The number of amides is 1. The number of unbranched alkanes of at least 4 members (excludes halogenated alkanes) is 3. The molecule has 47 heavy (non-hydrogen) atoms. The highest BCUT2D eigenvalue weighted by molar-refractivity contribution is 5.89. The standard InChI is InChI=1S/C36H46N2O9/c1-36(2,3)47-35(42)33(44-23-31(39)40)32(43-20-10-9-18-37-28-16-17-29-30(22-28)46-24-45-29)34(41)38-19-8-4-5-11-25-14-15-26-12-6-7-13-27(26)21-25/h6-7,12-17,21-22,32-33,37H,4-5,8-11,18-20,23-24H2,1-3H3,(H,38,41)(H,39,40). The van der Waals surface area contributed by atoms with Gasteiger partial charge in [0.25, 0.3) is 5.91 Å². The summed E-state index contributed by atoms with van der Waals surface area (Å²) in [6.07, 6.45) is 1.83. The van der Waals surface area contributed by atoms with E-state index in [0.717, 1.165) is 31.4 Å². The van der Waals surface area contributed by atoms with Gasteiger partial charge in [-0.3, -0.25) is 4.79 Å². The minimum absolute atomic E-state index is 0.141. The van der Waals surface area contributed by atoms with Crippen LogP contribution in [0.2, 0.25) is 0 Å². The molecule has 0 radical (unpaired) electrons. The molecule has 2 atom stereocenters. The van der Waals surface area contributed by atoms with Crippen molar-refractivity contribution in [2.45, 2.75) is 77.1 Å². The van der Waals surface area contributed by atoms with Gasteiger partial charge in [-0.2, -0.15) is 0 Å². The fourth-order valence-corrected chi connectivity index (χ4v) is 5.11. The Balaban J connectivity index is 1.27. The summed E-state index contributed by atoms with van der Waals surface area (Å²) in [7, 11) is 0. The monoisotopic (exact) mass is 650 g/mol. The van der Waals surface area contributed by atoms with Crippen LogP contribution in [0.4, 0.5) is 5.69 Å². The van der Waals surface area contributed by atoms with Crippen LogP contribution in [0.5, 0.6) is 11.5 Å². The average molecular weight is 651 g/mol. The second-order valence-corrected chi connectivity index (χ2v) is 12.4. The summed E-state index contributed by atoms with van der Waals surface area (Å²) in [4.78, 5) is 37.8. The zero-order chi connectivity index (χ0) is 33.6. The van der Waals surface area contributed by atoms with Crippen LogP contribution < -0.4 is 20.1 Å². The third kappa shape index (κ3) is 11.8. The highest BCUT2D eigenvalue weighted by atomic mass is 16.7. The Bertz CT molecular complexity index is 1490. The normalized spacial score (nSPS) is 13.6. The third-order valence-corrected chi connectivity index (χ3v) is 7.38. The lowest BCUT2D eigenvalue weighted by Crippen LogP contribution is -2.51. The van der Waals surface area contributed by atoms with Gasteiger partial charge in [-0.1, -0.05) is 48.9 Å². The van der Waals surface area contributed by atoms with E-state index in [2.05, 4.69) is 41.0 Å². The fraction of sp³-hybridized carbons (Fsp3) is 0.472. The summed E-state index contributed by atoms with van der Waals surface area (Å²) in [5.41, 5.74) is 1.27. The summed E-state index contributed by atoms with van der Waals surface area (Å²) >= 11 is 0. The first-order chi connectivity index (χ1) is 22.6. The van der Waals surface area contributed by atoms with Crippen molar-refractivity contribution in [3.8, 4) is 11.5 Å². The van der Waals surface area contributed by atoms with Crippen molar-refractivity contribution >= 4 is 34.3 Å². The van der Waals surface area contributed by atoms with Crippen LogP contribution in [0.1, 0.15) is 58.4 Å². The lowest BCUT2D eigenvalue weighted by atomic mass is 10.0. The van der Waals surface area contributed by atoms with Gasteiger partial charge in [0.1, 0.15) is 12.2 Å². The van der Waals surface area contributed by atoms with Gasteiger partial charge in [0, 0.05) is 31.5 Å². The van der Waals surface area contributed by atoms with E-state index in [1.807, 2.05) is 30.3 Å². The number of aryl methyl sites for hydroxylation is 1. The number of carbonyl (C=O) groups excluding carboxylic acids is 2. The van der Waals surface area contributed by atoms with E-state index in [0.29, 0.717) is 37.4 Å². The summed E-state index contributed by atoms with van der Waals surface area (Å²) in [5.74, 6) is -1.30. The molecule has 3 aromatic rings. The van der Waals surface area contributed by atoms with Crippen LogP contribution in [0.25, 0.3) is 10.8 Å². The zero-order valence-electron chi connectivity index (χ0n) is 27.4. The molecule has 11 heteroatoms. The van der Waals surface area contributed by atoms with Crippen molar-refractivity contribution in [1.29, 1.82) is 0 Å². The summed E-state index contributed by atoms with van der Waals surface area (Å²) in [6, 6.07) is 20.4. The number of nitrogens with one attached hydrogen (secondary N) is 2. The average Bonchev–Trinajstić information content (AvgIpc) is 3.50. The highest BCUT2D eigenvalue weighted by Crippen LogP contribution is 2.34. The molecule has 2 unspecified atom stereocenters. The largest absolute Gasteiger partial charge is 0.480 e. The van der Waals surface area contributed by atoms with E-state index in [9.17, 15) is 19.5 Å². The maximum atomic E-state index is 13.4. The van der Waals surface area contributed by atoms with Crippen LogP contribution in [-0.2, 0) is 35.0 Å². The maximum Gasteiger partial charge on any atom is 0.339 e. The lowest BCUT2D eigenvalue weighted by Gasteiger charge is -2.28. The Morgan fingerprint density at radius 2 is 1.60 bits per heavy atom. The molecule has 4 rings (SSSR count). The first kappa shape index (κ1) is 35.5. The smallest absolute Gasteiger partial charge is 0.339 e. The van der Waals surface area contributed by atoms with Crippen molar-refractivity contribution in [2.75, 3.05) is 38.4 Å². The molecule has 0 bridgehead atoms. The first-order valence-corrected chi connectivity index (χ1v) is 16.2. The Morgan fingerprint density at radius 1 is 0.830 bits per heavy atom. The molecule has 0 saturated heterocycles. The topological polar surface area (TPSA) is 142 Å². The number of hydrogen-bond acceptors (Lipinski definition) is 9. The van der Waals surface area contributed by atoms with Gasteiger partial charge in [-0.15, -0.1) is 0 Å². The van der Waals surface area contributed by atoms with Crippen LogP contribution in [0.15, 0.2) is 60.7 Å². The Kier molecular flexibility index (Phi) is 13.2. The Labute approximate surface area is 275 Å². The summed E-state index contributed by atoms with van der Waals surface area (Å²) in [5, 5.41) is 17.8. The van der Waals surface area contributed by atoms with Gasteiger partial charge in [-0.05, 0) is 81.3 Å². The van der Waals surface area contributed by atoms with Crippen LogP contribution in [0, 0.1) is 0 Å². The number of esters is 1. The molecule has 0 spiro atoms. The Morgan fingerprint density at radius 3 is 2.38 bits per heavy atom. The molecule has 1 aliphatic rings. The van der Waals surface area contributed by atoms with Crippen molar-refractivity contribution in [2.24, 2.45) is 0 Å². The van der Waals surface area contributed by atoms with Crippen LogP contribution >= 0.6 is 0 Å². The van der Waals surface area contributed by atoms with E-state index in [-0.39, 0.29) is 13.4 Å². The number of aliphatic carboxylic acids is 1. The molecular weight excluding hydrogens is 604 g/mol. The number of rotatable bonds is 19. The number of anilines is 1. The highest BCUT2D eigenvalue weighted by Gasteiger charge is 2.39. The van der Waals surface area contributed by atoms with E-state index < -0.39 is 42.3 Å². The summed E-state index contributed by atoms with van der Waals surface area (Å²) < 4.78 is 27.5. The second-order valence-electron chi connectivity index (χ2n) is 12.4. The summed E-state index contributed by atoms with van der Waals surface area (Å²) in [6.45, 7) is 5.60. The molecule has 0 aromatic heterocycles. The fourth-order valence-electron chi connectivity index (χ4n) is 5.11. The molecule has 3 N–H and O–H groups in total. The quantitative estimate of drug-likeness (QED) is 0.113. The molecule has 11 nitrogen and oxygen atoms in total. The van der Waals surface area contributed by atoms with E-state index >= 15 is 0 Å². The Hall–Kier alpha value is -4.35. The van der Waals surface area contributed by atoms with Crippen molar-refractivity contribution < 1.29 is 43.2 Å². The molecule has 1 amide bonds. The van der Waals surface area contributed by atoms with Gasteiger partial charge in [-0.25, -0.2) is 9.59 Å². The minimum atomic E-state index is -1.55. The maximum absolute atomic E-state index is 13.4. The van der Waals surface area contributed by atoms with Gasteiger partial charge < -0.3 is 39.4 Å². The number of carboxylic acid groups (broad SMARTS) is 1. The SMILES string of the molecule is CC(C)(C)OC(=O)C(OCC(=O)O)C(OCCCCNc1ccc2c(c1)OCO2)C(=O)NCCCCCc1ccc2ccccc2c1. The molecule has 0 aliphatic carbocycles.